The summed E-state index contributed by atoms with van der Waals surface area (Å²) in [6.07, 6.45) is 0.939. The monoisotopic (exact) mass is 223 g/mol. The van der Waals surface area contributed by atoms with Crippen molar-refractivity contribution in [1.82, 2.24) is 5.32 Å². The predicted octanol–water partition coefficient (Wildman–Crippen LogP) is 2.71. The van der Waals surface area contributed by atoms with Crippen LogP contribution in [0.5, 0.6) is 0 Å². The number of carbonyl (C=O) groups is 1. The van der Waals surface area contributed by atoms with Crippen LogP contribution in [0, 0.1) is 0 Å². The molecule has 1 amide bonds. The second kappa shape index (κ2) is 4.06. The fourth-order valence-corrected chi connectivity index (χ4v) is 2.22. The van der Waals surface area contributed by atoms with Crippen molar-refractivity contribution in [3.8, 4) is 0 Å². The van der Waals surface area contributed by atoms with E-state index in [9.17, 15) is 4.79 Å². The van der Waals surface area contributed by atoms with E-state index in [2.05, 4.69) is 17.4 Å². The van der Waals surface area contributed by atoms with E-state index in [-0.39, 0.29) is 11.9 Å². The molecule has 0 spiro atoms. The minimum absolute atomic E-state index is 0.00473. The van der Waals surface area contributed by atoms with Crippen LogP contribution in [0.25, 0.3) is 0 Å². The standard InChI is InChI=1S/C15H13NO/c17-15(11-6-2-1-3-7-11)16-14-10-12-8-4-5-9-13(12)14/h1-9,14H,10H2,(H,16,17)/t14-/m0/s1. The van der Waals surface area contributed by atoms with Crippen molar-refractivity contribution < 1.29 is 4.79 Å². The topological polar surface area (TPSA) is 29.1 Å². The van der Waals surface area contributed by atoms with Crippen molar-refractivity contribution in [3.05, 3.63) is 71.3 Å². The summed E-state index contributed by atoms with van der Waals surface area (Å²) >= 11 is 0. The van der Waals surface area contributed by atoms with E-state index in [1.54, 1.807) is 0 Å². The van der Waals surface area contributed by atoms with Crippen molar-refractivity contribution in [1.29, 1.82) is 0 Å². The Balaban J connectivity index is 1.73. The Hall–Kier alpha value is -2.09. The molecule has 0 aliphatic heterocycles. The van der Waals surface area contributed by atoms with Gasteiger partial charge < -0.3 is 5.32 Å². The zero-order valence-corrected chi connectivity index (χ0v) is 9.39. The van der Waals surface area contributed by atoms with E-state index < -0.39 is 0 Å². The first-order chi connectivity index (χ1) is 8.34. The van der Waals surface area contributed by atoms with E-state index in [4.69, 9.17) is 0 Å². The molecule has 2 aromatic rings. The summed E-state index contributed by atoms with van der Waals surface area (Å²) in [7, 11) is 0. The molecule has 1 atom stereocenters. The Morgan fingerprint density at radius 3 is 2.47 bits per heavy atom. The van der Waals surface area contributed by atoms with E-state index in [1.165, 1.54) is 11.1 Å². The third-order valence-corrected chi connectivity index (χ3v) is 3.20. The molecule has 17 heavy (non-hydrogen) atoms. The number of benzene rings is 2. The van der Waals surface area contributed by atoms with Crippen LogP contribution in [-0.4, -0.2) is 5.91 Å². The van der Waals surface area contributed by atoms with Gasteiger partial charge in [-0.3, -0.25) is 4.79 Å². The van der Waals surface area contributed by atoms with Gasteiger partial charge in [0.1, 0.15) is 0 Å². The third-order valence-electron chi connectivity index (χ3n) is 3.20. The largest absolute Gasteiger partial charge is 0.345 e. The lowest BCUT2D eigenvalue weighted by Crippen LogP contribution is -2.35. The molecule has 0 fully saturated rings. The Labute approximate surface area is 100 Å². The highest BCUT2D eigenvalue weighted by Gasteiger charge is 2.26. The van der Waals surface area contributed by atoms with Crippen molar-refractivity contribution in [2.75, 3.05) is 0 Å². The van der Waals surface area contributed by atoms with Crippen LogP contribution in [0.1, 0.15) is 27.5 Å². The molecule has 2 nitrogen and oxygen atoms in total. The molecule has 0 aromatic heterocycles. The zero-order chi connectivity index (χ0) is 11.7. The summed E-state index contributed by atoms with van der Waals surface area (Å²) in [4.78, 5) is 11.9. The smallest absolute Gasteiger partial charge is 0.251 e. The average Bonchev–Trinajstić information content (AvgIpc) is 2.37. The highest BCUT2D eigenvalue weighted by molar-refractivity contribution is 5.94. The van der Waals surface area contributed by atoms with Crippen LogP contribution in [0.2, 0.25) is 0 Å². The molecule has 0 saturated heterocycles. The summed E-state index contributed by atoms with van der Waals surface area (Å²) < 4.78 is 0. The lowest BCUT2D eigenvalue weighted by molar-refractivity contribution is 0.0932. The van der Waals surface area contributed by atoms with Gasteiger partial charge in [0.05, 0.1) is 6.04 Å². The van der Waals surface area contributed by atoms with Gasteiger partial charge in [-0.1, -0.05) is 42.5 Å². The lowest BCUT2D eigenvalue weighted by Gasteiger charge is -2.30. The predicted molar refractivity (Wildman–Crippen MR) is 66.8 cm³/mol. The second-order valence-corrected chi connectivity index (χ2v) is 4.30. The van der Waals surface area contributed by atoms with Gasteiger partial charge in [-0.2, -0.15) is 0 Å². The van der Waals surface area contributed by atoms with Gasteiger partial charge in [0, 0.05) is 5.56 Å². The molecule has 0 saturated carbocycles. The first-order valence-electron chi connectivity index (χ1n) is 5.78. The summed E-state index contributed by atoms with van der Waals surface area (Å²) in [5.41, 5.74) is 3.31. The van der Waals surface area contributed by atoms with Crippen LogP contribution in [0.4, 0.5) is 0 Å². The summed E-state index contributed by atoms with van der Waals surface area (Å²) in [6, 6.07) is 17.8. The maximum atomic E-state index is 11.9. The molecule has 0 bridgehead atoms. The maximum absolute atomic E-state index is 11.9. The highest BCUT2D eigenvalue weighted by atomic mass is 16.1. The quantitative estimate of drug-likeness (QED) is 0.833. The molecule has 0 heterocycles. The van der Waals surface area contributed by atoms with Gasteiger partial charge in [-0.15, -0.1) is 0 Å². The number of nitrogens with one attached hydrogen (secondary N) is 1. The van der Waals surface area contributed by atoms with Crippen molar-refractivity contribution in [3.63, 3.8) is 0 Å². The van der Waals surface area contributed by atoms with Crippen molar-refractivity contribution >= 4 is 5.91 Å². The first-order valence-corrected chi connectivity index (χ1v) is 5.78. The van der Waals surface area contributed by atoms with Gasteiger partial charge >= 0.3 is 0 Å². The molecular formula is C15H13NO. The van der Waals surface area contributed by atoms with Crippen molar-refractivity contribution in [2.24, 2.45) is 0 Å². The Morgan fingerprint density at radius 2 is 1.71 bits per heavy atom. The van der Waals surface area contributed by atoms with E-state index in [0.29, 0.717) is 0 Å². The zero-order valence-electron chi connectivity index (χ0n) is 9.39. The van der Waals surface area contributed by atoms with E-state index in [1.807, 2.05) is 42.5 Å². The number of rotatable bonds is 2. The van der Waals surface area contributed by atoms with Crippen LogP contribution in [0.3, 0.4) is 0 Å². The number of hydrogen-bond donors (Lipinski definition) is 1. The van der Waals surface area contributed by atoms with Crippen LogP contribution < -0.4 is 5.32 Å². The minimum Gasteiger partial charge on any atom is -0.345 e. The average molecular weight is 223 g/mol. The molecule has 1 N–H and O–H groups in total. The molecule has 2 heteroatoms. The van der Waals surface area contributed by atoms with Gasteiger partial charge in [-0.25, -0.2) is 0 Å². The second-order valence-electron chi connectivity index (χ2n) is 4.30. The fraction of sp³-hybridized carbons (Fsp3) is 0.133. The van der Waals surface area contributed by atoms with Gasteiger partial charge in [0.15, 0.2) is 0 Å². The number of carbonyl (C=O) groups excluding carboxylic acids is 1. The minimum atomic E-state index is 0.00473. The summed E-state index contributed by atoms with van der Waals surface area (Å²) in [5, 5.41) is 3.05. The molecule has 1 aliphatic carbocycles. The SMILES string of the molecule is O=C(N[C@H]1Cc2ccccc21)c1ccccc1. The van der Waals surface area contributed by atoms with Crippen LogP contribution in [-0.2, 0) is 6.42 Å². The van der Waals surface area contributed by atoms with Gasteiger partial charge in [-0.05, 0) is 29.7 Å². The van der Waals surface area contributed by atoms with Crippen LogP contribution >= 0.6 is 0 Å². The highest BCUT2D eigenvalue weighted by Crippen LogP contribution is 2.32. The third kappa shape index (κ3) is 1.82. The van der Waals surface area contributed by atoms with E-state index >= 15 is 0 Å². The number of fused-ring (bicyclic) bond motifs is 1. The molecule has 84 valence electrons. The molecule has 1 aliphatic rings. The molecule has 0 radical (unpaired) electrons. The maximum Gasteiger partial charge on any atom is 0.251 e. The van der Waals surface area contributed by atoms with E-state index in [0.717, 1.165) is 12.0 Å². The molecular weight excluding hydrogens is 210 g/mol. The van der Waals surface area contributed by atoms with Gasteiger partial charge in [0.2, 0.25) is 0 Å². The number of amides is 1. The molecule has 2 aromatic carbocycles. The first kappa shape index (κ1) is 10.1. The van der Waals surface area contributed by atoms with Crippen LogP contribution in [0.15, 0.2) is 54.6 Å². The summed E-state index contributed by atoms with van der Waals surface area (Å²) in [6.45, 7) is 0. The Kier molecular flexibility index (Phi) is 2.41. The molecule has 3 rings (SSSR count). The Morgan fingerprint density at radius 1 is 1.00 bits per heavy atom. The number of hydrogen-bond acceptors (Lipinski definition) is 1. The fourth-order valence-electron chi connectivity index (χ4n) is 2.22. The molecule has 0 unspecified atom stereocenters. The van der Waals surface area contributed by atoms with Gasteiger partial charge in [0.25, 0.3) is 5.91 Å². The Bertz CT molecular complexity index is 548. The van der Waals surface area contributed by atoms with Crippen molar-refractivity contribution in [2.45, 2.75) is 12.5 Å². The summed E-state index contributed by atoms with van der Waals surface area (Å²) in [5.74, 6) is 0.00473. The lowest BCUT2D eigenvalue weighted by atomic mass is 9.83. The normalized spacial score (nSPS) is 16.8.